The van der Waals surface area contributed by atoms with Crippen LogP contribution in [0.5, 0.6) is 11.5 Å². The molecule has 0 aromatic heterocycles. The van der Waals surface area contributed by atoms with Crippen LogP contribution in [-0.4, -0.2) is 30.0 Å². The van der Waals surface area contributed by atoms with E-state index in [9.17, 15) is 14.7 Å². The molecule has 1 atom stereocenters. The highest BCUT2D eigenvalue weighted by Gasteiger charge is 2.47. The van der Waals surface area contributed by atoms with Crippen LogP contribution in [0, 0.1) is 20.8 Å². The molecule has 1 fully saturated rings. The van der Waals surface area contributed by atoms with Gasteiger partial charge in [0.15, 0.2) is 0 Å². The minimum atomic E-state index is -0.801. The van der Waals surface area contributed by atoms with Crippen molar-refractivity contribution in [2.75, 3.05) is 12.0 Å². The van der Waals surface area contributed by atoms with E-state index in [4.69, 9.17) is 9.47 Å². The Morgan fingerprint density at radius 1 is 0.889 bits per heavy atom. The number of aryl methyl sites for hydroxylation is 3. The molecule has 6 heteroatoms. The second-order valence-electron chi connectivity index (χ2n) is 9.36. The van der Waals surface area contributed by atoms with Crippen LogP contribution in [0.2, 0.25) is 0 Å². The molecule has 36 heavy (non-hydrogen) atoms. The van der Waals surface area contributed by atoms with E-state index in [1.165, 1.54) is 4.90 Å². The topological polar surface area (TPSA) is 76.1 Å². The van der Waals surface area contributed by atoms with Gasteiger partial charge in [0.05, 0.1) is 24.8 Å². The molecule has 0 bridgehead atoms. The normalized spacial score (nSPS) is 17.1. The summed E-state index contributed by atoms with van der Waals surface area (Å²) < 4.78 is 11.1. The number of aliphatic hydroxyl groups excluding tert-OH is 1. The predicted molar refractivity (Wildman–Crippen MR) is 141 cm³/mol. The number of carbonyl (C=O) groups excluding carboxylic acids is 2. The minimum absolute atomic E-state index is 0.00140. The van der Waals surface area contributed by atoms with Gasteiger partial charge in [-0.25, -0.2) is 0 Å². The molecule has 186 valence electrons. The Hall–Kier alpha value is -4.06. The van der Waals surface area contributed by atoms with Crippen LogP contribution >= 0.6 is 0 Å². The molecule has 0 spiro atoms. The van der Waals surface area contributed by atoms with Gasteiger partial charge < -0.3 is 14.6 Å². The average molecular weight is 486 g/mol. The van der Waals surface area contributed by atoms with Gasteiger partial charge in [0.1, 0.15) is 17.3 Å². The molecule has 3 aromatic rings. The molecule has 1 heterocycles. The molecule has 0 radical (unpaired) electrons. The van der Waals surface area contributed by atoms with E-state index in [0.29, 0.717) is 28.3 Å². The van der Waals surface area contributed by atoms with Crippen LogP contribution in [0.3, 0.4) is 0 Å². The van der Waals surface area contributed by atoms with Gasteiger partial charge in [-0.1, -0.05) is 18.2 Å². The number of rotatable bonds is 6. The quantitative estimate of drug-likeness (QED) is 0.262. The molecule has 4 rings (SSSR count). The zero-order valence-electron chi connectivity index (χ0n) is 21.5. The molecule has 1 aliphatic heterocycles. The molecule has 1 unspecified atom stereocenters. The monoisotopic (exact) mass is 485 g/mol. The standard InChI is InChI=1S/C30H31NO5/c1-17(2)36-25-14-10-22(15-20(25)5)28(32)26-27(21-8-12-24(35-6)13-9-21)31(30(34)29(26)33)23-11-7-18(3)19(4)16-23/h7-17,27,32H,1-6H3/b28-26+. The summed E-state index contributed by atoms with van der Waals surface area (Å²) in [7, 11) is 1.57. The molecule has 0 aliphatic carbocycles. The lowest BCUT2D eigenvalue weighted by Crippen LogP contribution is -2.29. The van der Waals surface area contributed by atoms with Crippen LogP contribution < -0.4 is 14.4 Å². The Balaban J connectivity index is 1.90. The fourth-order valence-corrected chi connectivity index (χ4v) is 4.41. The van der Waals surface area contributed by atoms with Gasteiger partial charge >= 0.3 is 0 Å². The number of anilines is 1. The number of Topliss-reactive ketones (excluding diaryl/α,β-unsaturated/α-hetero) is 1. The number of benzene rings is 3. The summed E-state index contributed by atoms with van der Waals surface area (Å²) in [6, 6.07) is 17.2. The van der Waals surface area contributed by atoms with Crippen LogP contribution in [0.4, 0.5) is 5.69 Å². The summed E-state index contributed by atoms with van der Waals surface area (Å²) in [5, 5.41) is 11.4. The Kier molecular flexibility index (Phi) is 6.88. The summed E-state index contributed by atoms with van der Waals surface area (Å²) in [6.45, 7) is 9.71. The second kappa shape index (κ2) is 9.90. The first-order valence-electron chi connectivity index (χ1n) is 11.9. The molecule has 0 saturated carbocycles. The number of hydrogen-bond acceptors (Lipinski definition) is 5. The maximum absolute atomic E-state index is 13.4. The van der Waals surface area contributed by atoms with Crippen LogP contribution in [0.25, 0.3) is 5.76 Å². The summed E-state index contributed by atoms with van der Waals surface area (Å²) in [6.07, 6.45) is 0.00140. The van der Waals surface area contributed by atoms with E-state index in [0.717, 1.165) is 16.7 Å². The molecular formula is C30H31NO5. The lowest BCUT2D eigenvalue weighted by Gasteiger charge is -2.26. The van der Waals surface area contributed by atoms with Crippen molar-refractivity contribution in [1.29, 1.82) is 0 Å². The Morgan fingerprint density at radius 3 is 2.17 bits per heavy atom. The van der Waals surface area contributed by atoms with Gasteiger partial charge in [0, 0.05) is 11.3 Å². The molecule has 1 saturated heterocycles. The maximum atomic E-state index is 13.4. The number of ketones is 1. The third-order valence-electron chi connectivity index (χ3n) is 6.46. The van der Waals surface area contributed by atoms with Crippen molar-refractivity contribution in [2.45, 2.75) is 46.8 Å². The summed E-state index contributed by atoms with van der Waals surface area (Å²) in [4.78, 5) is 28.2. The van der Waals surface area contributed by atoms with E-state index in [2.05, 4.69) is 0 Å². The fraction of sp³-hybridized carbons (Fsp3) is 0.267. The molecule has 1 N–H and O–H groups in total. The Morgan fingerprint density at radius 2 is 1.58 bits per heavy atom. The van der Waals surface area contributed by atoms with Crippen molar-refractivity contribution in [2.24, 2.45) is 0 Å². The summed E-state index contributed by atoms with van der Waals surface area (Å²) >= 11 is 0. The zero-order chi connectivity index (χ0) is 26.1. The number of amides is 1. The average Bonchev–Trinajstić information content (AvgIpc) is 3.12. The van der Waals surface area contributed by atoms with Crippen molar-refractivity contribution in [3.8, 4) is 11.5 Å². The van der Waals surface area contributed by atoms with Gasteiger partial charge in [-0.2, -0.15) is 0 Å². The van der Waals surface area contributed by atoms with Gasteiger partial charge in [0.25, 0.3) is 11.7 Å². The smallest absolute Gasteiger partial charge is 0.300 e. The number of carbonyl (C=O) groups is 2. The number of ether oxygens (including phenoxy) is 2. The lowest BCUT2D eigenvalue weighted by molar-refractivity contribution is -0.132. The van der Waals surface area contributed by atoms with E-state index < -0.39 is 17.7 Å². The van der Waals surface area contributed by atoms with Crippen molar-refractivity contribution in [1.82, 2.24) is 0 Å². The Labute approximate surface area is 211 Å². The van der Waals surface area contributed by atoms with Crippen LogP contribution in [-0.2, 0) is 9.59 Å². The fourth-order valence-electron chi connectivity index (χ4n) is 4.41. The molecule has 6 nitrogen and oxygen atoms in total. The molecule has 1 amide bonds. The number of methoxy groups -OCH3 is 1. The SMILES string of the molecule is COc1ccc(C2/C(=C(\O)c3ccc(OC(C)C)c(C)c3)C(=O)C(=O)N2c2ccc(C)c(C)c2)cc1. The minimum Gasteiger partial charge on any atom is -0.507 e. The van der Waals surface area contributed by atoms with Gasteiger partial charge in [-0.05, 0) is 99.3 Å². The van der Waals surface area contributed by atoms with Gasteiger partial charge in [-0.3, -0.25) is 14.5 Å². The van der Waals surface area contributed by atoms with Crippen LogP contribution in [0.15, 0.2) is 66.2 Å². The third-order valence-corrected chi connectivity index (χ3v) is 6.46. The van der Waals surface area contributed by atoms with E-state index in [1.807, 2.05) is 65.0 Å². The maximum Gasteiger partial charge on any atom is 0.300 e. The first-order chi connectivity index (χ1) is 17.1. The largest absolute Gasteiger partial charge is 0.507 e. The second-order valence-corrected chi connectivity index (χ2v) is 9.36. The molecular weight excluding hydrogens is 454 g/mol. The summed E-state index contributed by atoms with van der Waals surface area (Å²) in [5.41, 5.74) is 4.66. The van der Waals surface area contributed by atoms with Crippen molar-refractivity contribution in [3.63, 3.8) is 0 Å². The zero-order valence-corrected chi connectivity index (χ0v) is 21.5. The number of hydrogen-bond donors (Lipinski definition) is 1. The molecule has 3 aromatic carbocycles. The number of nitrogens with zero attached hydrogens (tertiary/aromatic N) is 1. The summed E-state index contributed by atoms with van der Waals surface area (Å²) in [5.74, 6) is -0.286. The van der Waals surface area contributed by atoms with Crippen molar-refractivity contribution >= 4 is 23.1 Å². The number of aliphatic hydroxyl groups is 1. The predicted octanol–water partition coefficient (Wildman–Crippen LogP) is 6.03. The van der Waals surface area contributed by atoms with Crippen molar-refractivity contribution in [3.05, 3.63) is 94.1 Å². The first-order valence-corrected chi connectivity index (χ1v) is 11.9. The van der Waals surface area contributed by atoms with Crippen molar-refractivity contribution < 1.29 is 24.2 Å². The van der Waals surface area contributed by atoms with Gasteiger partial charge in [-0.15, -0.1) is 0 Å². The highest BCUT2D eigenvalue weighted by atomic mass is 16.5. The highest BCUT2D eigenvalue weighted by molar-refractivity contribution is 6.51. The third kappa shape index (κ3) is 4.59. The van der Waals surface area contributed by atoms with E-state index in [1.54, 1.807) is 37.4 Å². The first kappa shape index (κ1) is 25.0. The molecule has 1 aliphatic rings. The lowest BCUT2D eigenvalue weighted by atomic mass is 9.94. The highest BCUT2D eigenvalue weighted by Crippen LogP contribution is 2.43. The van der Waals surface area contributed by atoms with E-state index >= 15 is 0 Å². The Bertz CT molecular complexity index is 1350. The van der Waals surface area contributed by atoms with Gasteiger partial charge in [0.2, 0.25) is 0 Å². The van der Waals surface area contributed by atoms with E-state index in [-0.39, 0.29) is 17.4 Å². The van der Waals surface area contributed by atoms with Crippen LogP contribution in [0.1, 0.15) is 47.7 Å².